The predicted octanol–water partition coefficient (Wildman–Crippen LogP) is 4.02. The zero-order valence-electron chi connectivity index (χ0n) is 8.65. The highest BCUT2D eigenvalue weighted by atomic mass is 14.1. The zero-order chi connectivity index (χ0) is 8.85. The van der Waals surface area contributed by atoms with Crippen molar-refractivity contribution in [3.63, 3.8) is 0 Å². The van der Waals surface area contributed by atoms with Gasteiger partial charge in [-0.25, -0.2) is 0 Å². The lowest BCUT2D eigenvalue weighted by Gasteiger charge is -2.18. The van der Waals surface area contributed by atoms with Crippen LogP contribution in [0.3, 0.4) is 0 Å². The Bertz CT molecular complexity index is 120. The van der Waals surface area contributed by atoms with E-state index in [0.29, 0.717) is 0 Å². The molecule has 0 aromatic heterocycles. The minimum atomic E-state index is 0.724. The highest BCUT2D eigenvalue weighted by molar-refractivity contribution is 5.06. The molecule has 0 aromatic rings. The molecule has 0 radical (unpaired) electrons. The minimum Gasteiger partial charge on any atom is -0.0879 e. The first-order valence-electron chi connectivity index (χ1n) is 4.79. The average molecular weight is 154 g/mol. The van der Waals surface area contributed by atoms with Crippen LogP contribution in [0.5, 0.6) is 0 Å². The topological polar surface area (TPSA) is 0 Å². The molecule has 0 spiro atoms. The van der Waals surface area contributed by atoms with Gasteiger partial charge in [0.15, 0.2) is 0 Å². The van der Waals surface area contributed by atoms with Crippen molar-refractivity contribution in [2.75, 3.05) is 0 Å². The van der Waals surface area contributed by atoms with Crippen LogP contribution in [-0.4, -0.2) is 0 Å². The molecule has 0 bridgehead atoms. The van der Waals surface area contributed by atoms with Gasteiger partial charge < -0.3 is 0 Å². The Morgan fingerprint density at radius 3 is 2.09 bits per heavy atom. The van der Waals surface area contributed by atoms with Gasteiger partial charge in [-0.15, -0.1) is 0 Å². The molecule has 0 aliphatic heterocycles. The van der Waals surface area contributed by atoms with E-state index < -0.39 is 0 Å². The summed E-state index contributed by atoms with van der Waals surface area (Å²) < 4.78 is 0. The summed E-state index contributed by atoms with van der Waals surface area (Å²) in [4.78, 5) is 0. The molecule has 0 amide bonds. The smallest absolute Gasteiger partial charge is 0.0229 e. The lowest BCUT2D eigenvalue weighted by molar-refractivity contribution is 0.537. The Hall–Kier alpha value is -0.260. The maximum absolute atomic E-state index is 2.33. The first-order chi connectivity index (χ1) is 5.13. The molecular weight excluding hydrogens is 132 g/mol. The van der Waals surface area contributed by atoms with E-state index in [2.05, 4.69) is 40.7 Å². The molecule has 1 atom stereocenters. The second-order valence-electron chi connectivity index (χ2n) is 3.63. The minimum absolute atomic E-state index is 0.724. The van der Waals surface area contributed by atoms with Crippen LogP contribution >= 0.6 is 0 Å². The van der Waals surface area contributed by atoms with Crippen LogP contribution in [0.15, 0.2) is 11.6 Å². The number of rotatable bonds is 4. The Labute approximate surface area is 71.7 Å². The first kappa shape index (κ1) is 10.7. The van der Waals surface area contributed by atoms with Crippen molar-refractivity contribution >= 4 is 0 Å². The van der Waals surface area contributed by atoms with Crippen molar-refractivity contribution in [2.24, 2.45) is 11.8 Å². The average Bonchev–Trinajstić information content (AvgIpc) is 1.88. The number of hydrogen-bond donors (Lipinski definition) is 0. The van der Waals surface area contributed by atoms with E-state index >= 15 is 0 Å². The van der Waals surface area contributed by atoms with Gasteiger partial charge in [-0.2, -0.15) is 0 Å². The van der Waals surface area contributed by atoms with E-state index in [1.807, 2.05) is 0 Å². The number of hydrogen-bond acceptors (Lipinski definition) is 0. The van der Waals surface area contributed by atoms with Crippen molar-refractivity contribution in [3.8, 4) is 0 Å². The van der Waals surface area contributed by atoms with Crippen molar-refractivity contribution in [1.82, 2.24) is 0 Å². The number of allylic oxidation sites excluding steroid dienone is 2. The van der Waals surface area contributed by atoms with Gasteiger partial charge in [0.05, 0.1) is 0 Å². The van der Waals surface area contributed by atoms with Crippen LogP contribution < -0.4 is 0 Å². The summed E-state index contributed by atoms with van der Waals surface area (Å²) in [6.07, 6.45) is 4.91. The summed E-state index contributed by atoms with van der Waals surface area (Å²) in [6, 6.07) is 0. The largest absolute Gasteiger partial charge is 0.0879 e. The quantitative estimate of drug-likeness (QED) is 0.536. The van der Waals surface area contributed by atoms with Gasteiger partial charge in [-0.1, -0.05) is 45.8 Å². The monoisotopic (exact) mass is 154 g/mol. The third-order valence-corrected chi connectivity index (χ3v) is 2.29. The van der Waals surface area contributed by atoms with Crippen molar-refractivity contribution in [2.45, 2.75) is 47.5 Å². The van der Waals surface area contributed by atoms with Gasteiger partial charge in [0.2, 0.25) is 0 Å². The molecule has 0 N–H and O–H groups in total. The van der Waals surface area contributed by atoms with Gasteiger partial charge in [-0.3, -0.25) is 0 Å². The summed E-state index contributed by atoms with van der Waals surface area (Å²) >= 11 is 0. The van der Waals surface area contributed by atoms with Crippen LogP contribution in [0.25, 0.3) is 0 Å². The predicted molar refractivity (Wildman–Crippen MR) is 52.7 cm³/mol. The molecule has 0 aromatic carbocycles. The summed E-state index contributed by atoms with van der Waals surface area (Å²) in [6.45, 7) is 11.3. The Morgan fingerprint density at radius 2 is 1.82 bits per heavy atom. The van der Waals surface area contributed by atoms with E-state index in [1.165, 1.54) is 12.8 Å². The molecule has 0 aliphatic rings. The molecule has 11 heavy (non-hydrogen) atoms. The van der Waals surface area contributed by atoms with Crippen LogP contribution in [0.4, 0.5) is 0 Å². The molecule has 66 valence electrons. The van der Waals surface area contributed by atoms with Crippen LogP contribution in [0.2, 0.25) is 0 Å². The molecule has 0 nitrogen and oxygen atoms in total. The molecule has 0 heterocycles. The van der Waals surface area contributed by atoms with E-state index in [-0.39, 0.29) is 0 Å². The van der Waals surface area contributed by atoms with Crippen molar-refractivity contribution in [1.29, 1.82) is 0 Å². The zero-order valence-corrected chi connectivity index (χ0v) is 8.65. The van der Waals surface area contributed by atoms with Crippen LogP contribution in [-0.2, 0) is 0 Å². The summed E-state index contributed by atoms with van der Waals surface area (Å²) in [5.41, 5.74) is 1.62. The molecular formula is C11H22. The molecule has 1 unspecified atom stereocenters. The summed E-state index contributed by atoms with van der Waals surface area (Å²) in [5, 5.41) is 0. The van der Waals surface area contributed by atoms with E-state index in [9.17, 15) is 0 Å². The Kier molecular flexibility index (Phi) is 5.27. The lowest BCUT2D eigenvalue weighted by atomic mass is 9.88. The Morgan fingerprint density at radius 1 is 1.27 bits per heavy atom. The van der Waals surface area contributed by atoms with E-state index in [4.69, 9.17) is 0 Å². The standard InChI is InChI=1S/C11H22/c1-6-8-10(5)11(7-2)9(3)4/h7,9-10H,6,8H2,1-5H3. The normalized spacial score (nSPS) is 15.6. The second kappa shape index (κ2) is 5.40. The van der Waals surface area contributed by atoms with E-state index in [0.717, 1.165) is 11.8 Å². The molecule has 0 rings (SSSR count). The Balaban J connectivity index is 4.04. The third-order valence-electron chi connectivity index (χ3n) is 2.29. The fraction of sp³-hybridized carbons (Fsp3) is 0.818. The van der Waals surface area contributed by atoms with Gasteiger partial charge >= 0.3 is 0 Å². The van der Waals surface area contributed by atoms with Gasteiger partial charge in [0.25, 0.3) is 0 Å². The maximum atomic E-state index is 2.33. The summed E-state index contributed by atoms with van der Waals surface area (Å²) in [5.74, 6) is 1.51. The highest BCUT2D eigenvalue weighted by Crippen LogP contribution is 2.23. The van der Waals surface area contributed by atoms with Crippen LogP contribution in [0.1, 0.15) is 47.5 Å². The van der Waals surface area contributed by atoms with E-state index in [1.54, 1.807) is 5.57 Å². The maximum Gasteiger partial charge on any atom is -0.0229 e. The summed E-state index contributed by atoms with van der Waals surface area (Å²) in [7, 11) is 0. The fourth-order valence-electron chi connectivity index (χ4n) is 1.79. The lowest BCUT2D eigenvalue weighted by Crippen LogP contribution is -2.04. The molecule has 0 fully saturated rings. The molecule has 0 aliphatic carbocycles. The molecule has 0 saturated heterocycles. The van der Waals surface area contributed by atoms with Crippen LogP contribution in [0, 0.1) is 11.8 Å². The second-order valence-corrected chi connectivity index (χ2v) is 3.63. The van der Waals surface area contributed by atoms with Gasteiger partial charge in [0.1, 0.15) is 0 Å². The molecule has 0 saturated carbocycles. The first-order valence-corrected chi connectivity index (χ1v) is 4.79. The third kappa shape index (κ3) is 3.60. The molecule has 0 heteroatoms. The van der Waals surface area contributed by atoms with Crippen molar-refractivity contribution in [3.05, 3.63) is 11.6 Å². The van der Waals surface area contributed by atoms with Gasteiger partial charge in [0, 0.05) is 0 Å². The van der Waals surface area contributed by atoms with Gasteiger partial charge in [-0.05, 0) is 25.2 Å². The SMILES string of the molecule is CC=C(C(C)C)C(C)CCC. The van der Waals surface area contributed by atoms with Crippen molar-refractivity contribution < 1.29 is 0 Å². The highest BCUT2D eigenvalue weighted by Gasteiger charge is 2.09. The fourth-order valence-corrected chi connectivity index (χ4v) is 1.79.